The Balaban J connectivity index is 2.56. The van der Waals surface area contributed by atoms with Gasteiger partial charge >= 0.3 is 0 Å². The molecular weight excluding hydrogens is 164 g/mol. The summed E-state index contributed by atoms with van der Waals surface area (Å²) in [5.74, 6) is 0. The van der Waals surface area contributed by atoms with Crippen molar-refractivity contribution in [2.24, 2.45) is 0 Å². The Morgan fingerprint density at radius 1 is 1.71 bits per heavy atom. The van der Waals surface area contributed by atoms with Crippen molar-refractivity contribution < 1.29 is 14.3 Å². The zero-order chi connectivity index (χ0) is 5.54. The fourth-order valence-corrected chi connectivity index (χ4v) is 0.240. The predicted molar refractivity (Wildman–Crippen MR) is 26.9 cm³/mol. The number of ether oxygens (including phenoxy) is 2. The first-order chi connectivity index (χ1) is 3.41. The van der Waals surface area contributed by atoms with Crippen LogP contribution in [0.15, 0.2) is 0 Å². The van der Waals surface area contributed by atoms with Gasteiger partial charge in [0.2, 0.25) is 0 Å². The molecule has 0 amide bonds. The molecule has 0 aliphatic carbocycles. The number of rotatable bonds is 4. The molecule has 0 aliphatic heterocycles. The van der Waals surface area contributed by atoms with Crippen molar-refractivity contribution in [3.63, 3.8) is 0 Å². The van der Waals surface area contributed by atoms with E-state index in [2.05, 4.69) is 25.4 Å². The van der Waals surface area contributed by atoms with Gasteiger partial charge < -0.3 is 9.47 Å². The first kappa shape index (κ1) is 6.91. The van der Waals surface area contributed by atoms with E-state index in [-0.39, 0.29) is 6.79 Å². The second-order valence-electron chi connectivity index (χ2n) is 0.694. The summed E-state index contributed by atoms with van der Waals surface area (Å²) in [7, 11) is 0. The highest BCUT2D eigenvalue weighted by Gasteiger charge is 1.76. The zero-order valence-electron chi connectivity index (χ0n) is 3.59. The average Bonchev–Trinajstić information content (AvgIpc) is 1.69. The summed E-state index contributed by atoms with van der Waals surface area (Å²) in [6.45, 7) is 0.359. The van der Waals surface area contributed by atoms with Gasteiger partial charge in [0.15, 0.2) is 6.79 Å². The number of hydrogen-bond donors (Lipinski definition) is 0. The molecule has 0 aromatic rings. The van der Waals surface area contributed by atoms with E-state index >= 15 is 0 Å². The van der Waals surface area contributed by atoms with Gasteiger partial charge in [0.1, 0.15) is 5.52 Å². The minimum absolute atomic E-state index is 0.0226. The molecule has 4 heteroatoms. The summed E-state index contributed by atoms with van der Waals surface area (Å²) in [5.41, 5.74) is 0.390. The van der Waals surface area contributed by atoms with E-state index < -0.39 is 0 Å². The minimum Gasteiger partial charge on any atom is -0.441 e. The third-order valence-electron chi connectivity index (χ3n) is 0.297. The van der Waals surface area contributed by atoms with Gasteiger partial charge in [0.05, 0.1) is 0 Å². The first-order valence-corrected chi connectivity index (χ1v) is 2.73. The summed E-state index contributed by atoms with van der Waals surface area (Å²) in [6.07, 6.45) is 0. The molecule has 0 N–H and O–H groups in total. The molecule has 0 spiro atoms. The highest BCUT2D eigenvalue weighted by atomic mass is 79.9. The van der Waals surface area contributed by atoms with Gasteiger partial charge in [0.25, 0.3) is 6.47 Å². The molecule has 0 radical (unpaired) electrons. The molecular formula is C3H5BrO3. The highest BCUT2D eigenvalue weighted by Crippen LogP contribution is 1.80. The maximum atomic E-state index is 9.36. The van der Waals surface area contributed by atoms with Gasteiger partial charge in [-0.05, 0) is 0 Å². The maximum Gasteiger partial charge on any atom is 0.295 e. The van der Waals surface area contributed by atoms with E-state index in [1.165, 1.54) is 0 Å². The van der Waals surface area contributed by atoms with Crippen LogP contribution in [-0.4, -0.2) is 18.8 Å². The van der Waals surface area contributed by atoms with Crippen LogP contribution >= 0.6 is 15.9 Å². The van der Waals surface area contributed by atoms with E-state index in [0.717, 1.165) is 0 Å². The second-order valence-corrected chi connectivity index (χ2v) is 1.15. The van der Waals surface area contributed by atoms with Gasteiger partial charge in [-0.15, -0.1) is 0 Å². The fraction of sp³-hybridized carbons (Fsp3) is 0.667. The van der Waals surface area contributed by atoms with E-state index in [4.69, 9.17) is 0 Å². The Kier molecular flexibility index (Phi) is 5.83. The topological polar surface area (TPSA) is 35.5 Å². The lowest BCUT2D eigenvalue weighted by atomic mass is 11.3. The lowest BCUT2D eigenvalue weighted by Gasteiger charge is -1.93. The number of alkyl halides is 1. The predicted octanol–water partition coefficient (Wildman–Crippen LogP) is 0.486. The SMILES string of the molecule is O=COCOCBr. The molecule has 0 bridgehead atoms. The van der Waals surface area contributed by atoms with Crippen molar-refractivity contribution in [2.75, 3.05) is 12.3 Å². The van der Waals surface area contributed by atoms with Crippen LogP contribution in [0, 0.1) is 0 Å². The van der Waals surface area contributed by atoms with Gasteiger partial charge in [0, 0.05) is 0 Å². The van der Waals surface area contributed by atoms with Gasteiger partial charge in [-0.2, -0.15) is 0 Å². The second kappa shape index (κ2) is 5.91. The smallest absolute Gasteiger partial charge is 0.295 e. The van der Waals surface area contributed by atoms with Crippen molar-refractivity contribution in [1.82, 2.24) is 0 Å². The molecule has 0 saturated carbocycles. The molecule has 0 atom stereocenters. The van der Waals surface area contributed by atoms with E-state index in [0.29, 0.717) is 12.0 Å². The number of carbonyl (C=O) groups is 1. The lowest BCUT2D eigenvalue weighted by Crippen LogP contribution is -1.94. The number of hydrogen-bond acceptors (Lipinski definition) is 3. The molecule has 42 valence electrons. The van der Waals surface area contributed by atoms with Crippen LogP contribution in [0.5, 0.6) is 0 Å². The molecule has 0 saturated heterocycles. The lowest BCUT2D eigenvalue weighted by molar-refractivity contribution is -0.138. The van der Waals surface area contributed by atoms with Crippen LogP contribution in [0.3, 0.4) is 0 Å². The van der Waals surface area contributed by atoms with Crippen molar-refractivity contribution >= 4 is 22.4 Å². The van der Waals surface area contributed by atoms with Crippen molar-refractivity contribution in [3.05, 3.63) is 0 Å². The standard InChI is InChI=1S/C3H5BrO3/c4-1-6-3-7-2-5/h2H,1,3H2. The Morgan fingerprint density at radius 2 is 2.43 bits per heavy atom. The van der Waals surface area contributed by atoms with E-state index in [1.807, 2.05) is 0 Å². The third-order valence-corrected chi connectivity index (χ3v) is 0.620. The molecule has 0 heterocycles. The summed E-state index contributed by atoms with van der Waals surface area (Å²) in [4.78, 5) is 9.36. The summed E-state index contributed by atoms with van der Waals surface area (Å²) < 4.78 is 8.68. The number of halogens is 1. The molecule has 3 nitrogen and oxygen atoms in total. The quantitative estimate of drug-likeness (QED) is 0.266. The Morgan fingerprint density at radius 3 is 2.86 bits per heavy atom. The Hall–Kier alpha value is -0.0900. The van der Waals surface area contributed by atoms with Gasteiger partial charge in [-0.25, -0.2) is 0 Å². The first-order valence-electron chi connectivity index (χ1n) is 1.60. The number of carbonyl (C=O) groups excluding carboxylic acids is 1. The average molecular weight is 169 g/mol. The summed E-state index contributed by atoms with van der Waals surface area (Å²) >= 11 is 2.96. The molecule has 0 aromatic carbocycles. The normalized spacial score (nSPS) is 8.14. The zero-order valence-corrected chi connectivity index (χ0v) is 5.18. The van der Waals surface area contributed by atoms with Crippen LogP contribution in [0.25, 0.3) is 0 Å². The van der Waals surface area contributed by atoms with Crippen molar-refractivity contribution in [3.8, 4) is 0 Å². The Labute approximate surface area is 49.7 Å². The minimum atomic E-state index is 0.0226. The third kappa shape index (κ3) is 5.91. The molecule has 0 rings (SSSR count). The maximum absolute atomic E-state index is 9.36. The van der Waals surface area contributed by atoms with Crippen LogP contribution in [0.2, 0.25) is 0 Å². The Bertz CT molecular complexity index is 47.4. The molecule has 0 fully saturated rings. The van der Waals surface area contributed by atoms with Gasteiger partial charge in [-0.3, -0.25) is 4.79 Å². The van der Waals surface area contributed by atoms with E-state index in [1.54, 1.807) is 0 Å². The summed E-state index contributed by atoms with van der Waals surface area (Å²) in [5, 5.41) is 0. The van der Waals surface area contributed by atoms with Crippen LogP contribution in [0.4, 0.5) is 0 Å². The fourth-order valence-electron chi connectivity index (χ4n) is 0.107. The van der Waals surface area contributed by atoms with Crippen LogP contribution < -0.4 is 0 Å². The summed E-state index contributed by atoms with van der Waals surface area (Å²) in [6, 6.07) is 0. The molecule has 0 unspecified atom stereocenters. The molecule has 0 aliphatic rings. The van der Waals surface area contributed by atoms with Gasteiger partial charge in [-0.1, -0.05) is 15.9 Å². The van der Waals surface area contributed by atoms with Crippen LogP contribution in [-0.2, 0) is 14.3 Å². The monoisotopic (exact) mass is 168 g/mol. The van der Waals surface area contributed by atoms with Crippen molar-refractivity contribution in [2.45, 2.75) is 0 Å². The molecule has 7 heavy (non-hydrogen) atoms. The molecule has 0 aromatic heterocycles. The highest BCUT2D eigenvalue weighted by molar-refractivity contribution is 9.09. The largest absolute Gasteiger partial charge is 0.441 e. The van der Waals surface area contributed by atoms with Crippen molar-refractivity contribution in [1.29, 1.82) is 0 Å². The van der Waals surface area contributed by atoms with E-state index in [9.17, 15) is 4.79 Å². The van der Waals surface area contributed by atoms with Crippen LogP contribution in [0.1, 0.15) is 0 Å².